The molecule has 0 radical (unpaired) electrons. The Morgan fingerprint density at radius 3 is 1.35 bits per heavy atom. The summed E-state index contributed by atoms with van der Waals surface area (Å²) in [5, 5.41) is 21.0. The van der Waals surface area contributed by atoms with Crippen LogP contribution in [0.4, 0.5) is 0 Å². The zero-order valence-corrected chi connectivity index (χ0v) is 17.3. The minimum Gasteiger partial charge on any atom is -0.376 e. The predicted octanol–water partition coefficient (Wildman–Crippen LogP) is 4.20. The van der Waals surface area contributed by atoms with Gasteiger partial charge in [0.1, 0.15) is 0 Å². The maximum Gasteiger partial charge on any atom is 0.363 e. The molecule has 2 N–H and O–H groups in total. The second kappa shape index (κ2) is 10.7. The molecule has 0 aromatic heterocycles. The fourth-order valence-corrected chi connectivity index (χ4v) is 5.53. The molecule has 0 bridgehead atoms. The minimum atomic E-state index is -3.81. The number of hydrogen-bond donors (Lipinski definition) is 2. The zero-order chi connectivity index (χ0) is 19.8. The first-order valence-electron chi connectivity index (χ1n) is 8.51. The zero-order valence-electron chi connectivity index (χ0n) is 15.5. The van der Waals surface area contributed by atoms with Crippen LogP contribution in [0.1, 0.15) is 50.5 Å². The van der Waals surface area contributed by atoms with Crippen LogP contribution in [0.25, 0.3) is 0 Å². The van der Waals surface area contributed by atoms with Crippen LogP contribution in [-0.4, -0.2) is 36.6 Å². The Morgan fingerprint density at radius 1 is 0.769 bits per heavy atom. The molecule has 10 heteroatoms. The Morgan fingerprint density at radius 2 is 1.08 bits per heavy atom. The van der Waals surface area contributed by atoms with E-state index in [2.05, 4.69) is 0 Å². The molecular weight excluding hydrogens is 382 g/mol. The fraction of sp³-hybridized carbons (Fsp3) is 0.625. The van der Waals surface area contributed by atoms with Crippen molar-refractivity contribution < 1.29 is 37.4 Å². The van der Waals surface area contributed by atoms with Crippen LogP contribution in [-0.2, 0) is 27.2 Å². The van der Waals surface area contributed by atoms with E-state index in [-0.39, 0.29) is 37.6 Å². The highest BCUT2D eigenvalue weighted by Gasteiger charge is 2.38. The van der Waals surface area contributed by atoms with E-state index < -0.39 is 26.9 Å². The normalized spacial score (nSPS) is 15.0. The van der Waals surface area contributed by atoms with E-state index in [0.29, 0.717) is 0 Å². The highest BCUT2D eigenvalue weighted by atomic mass is 31.2. The molecule has 0 aliphatic carbocycles. The van der Waals surface area contributed by atoms with Crippen LogP contribution in [0.3, 0.4) is 0 Å². The molecule has 0 amide bonds. The van der Waals surface area contributed by atoms with Crippen LogP contribution < -0.4 is 0 Å². The predicted molar refractivity (Wildman–Crippen MR) is 98.1 cm³/mol. The van der Waals surface area contributed by atoms with Gasteiger partial charge in [-0.05, 0) is 44.9 Å². The molecule has 26 heavy (non-hydrogen) atoms. The third kappa shape index (κ3) is 5.72. The molecule has 0 saturated carbocycles. The van der Waals surface area contributed by atoms with Crippen LogP contribution in [0.15, 0.2) is 24.3 Å². The Hall–Kier alpha value is -0.560. The van der Waals surface area contributed by atoms with Crippen molar-refractivity contribution in [1.29, 1.82) is 0 Å². The average molecular weight is 410 g/mol. The number of hydrogen-bond acceptors (Lipinski definition) is 8. The SMILES string of the molecule is CCOP(=O)(OCC)C(O)c1cccc(C(O)P(=O)(OCC)OCC)c1. The van der Waals surface area contributed by atoms with E-state index >= 15 is 0 Å². The Balaban J connectivity index is 3.20. The Bertz CT molecular complexity index is 580. The summed E-state index contributed by atoms with van der Waals surface area (Å²) >= 11 is 0. The molecule has 0 saturated heterocycles. The molecule has 0 fully saturated rings. The van der Waals surface area contributed by atoms with Gasteiger partial charge in [0.15, 0.2) is 11.7 Å². The van der Waals surface area contributed by atoms with Gasteiger partial charge in [-0.15, -0.1) is 0 Å². The quantitative estimate of drug-likeness (QED) is 0.493. The maximum atomic E-state index is 12.7. The van der Waals surface area contributed by atoms with Crippen molar-refractivity contribution in [3.8, 4) is 0 Å². The van der Waals surface area contributed by atoms with Gasteiger partial charge in [0.05, 0.1) is 26.4 Å². The van der Waals surface area contributed by atoms with Crippen LogP contribution in [0, 0.1) is 0 Å². The van der Waals surface area contributed by atoms with E-state index in [1.165, 1.54) is 24.3 Å². The minimum absolute atomic E-state index is 0.0978. The molecule has 2 atom stereocenters. The van der Waals surface area contributed by atoms with Crippen LogP contribution in [0.5, 0.6) is 0 Å². The average Bonchev–Trinajstić information content (AvgIpc) is 2.61. The van der Waals surface area contributed by atoms with Crippen molar-refractivity contribution in [2.75, 3.05) is 26.4 Å². The van der Waals surface area contributed by atoms with Crippen molar-refractivity contribution in [3.63, 3.8) is 0 Å². The first-order valence-corrected chi connectivity index (χ1v) is 11.7. The molecule has 1 aromatic rings. The topological polar surface area (TPSA) is 112 Å². The van der Waals surface area contributed by atoms with Crippen molar-refractivity contribution in [3.05, 3.63) is 35.4 Å². The monoisotopic (exact) mass is 410 g/mol. The number of aliphatic hydroxyl groups is 2. The van der Waals surface area contributed by atoms with E-state index in [4.69, 9.17) is 18.1 Å². The fourth-order valence-electron chi connectivity index (χ4n) is 2.32. The van der Waals surface area contributed by atoms with Gasteiger partial charge < -0.3 is 28.3 Å². The van der Waals surface area contributed by atoms with Gasteiger partial charge >= 0.3 is 15.2 Å². The lowest BCUT2D eigenvalue weighted by molar-refractivity contribution is 0.147. The number of benzene rings is 1. The summed E-state index contributed by atoms with van der Waals surface area (Å²) in [6.07, 6.45) is 0. The number of aliphatic hydroxyl groups excluding tert-OH is 2. The van der Waals surface area contributed by atoms with Crippen molar-refractivity contribution >= 4 is 15.2 Å². The van der Waals surface area contributed by atoms with Gasteiger partial charge in [-0.3, -0.25) is 9.13 Å². The molecule has 8 nitrogen and oxygen atoms in total. The van der Waals surface area contributed by atoms with Crippen molar-refractivity contribution in [2.24, 2.45) is 0 Å². The highest BCUT2D eigenvalue weighted by Crippen LogP contribution is 2.61. The Labute approximate surface area is 154 Å². The second-order valence-corrected chi connectivity index (χ2v) is 9.34. The largest absolute Gasteiger partial charge is 0.376 e. The maximum absolute atomic E-state index is 12.7. The summed E-state index contributed by atoms with van der Waals surface area (Å²) in [6, 6.07) is 5.93. The lowest BCUT2D eigenvalue weighted by Gasteiger charge is -2.25. The van der Waals surface area contributed by atoms with Gasteiger partial charge in [0.2, 0.25) is 0 Å². The summed E-state index contributed by atoms with van der Waals surface area (Å²) < 4.78 is 46.1. The molecule has 0 spiro atoms. The second-order valence-electron chi connectivity index (χ2n) is 5.17. The molecule has 1 rings (SSSR count). The van der Waals surface area contributed by atoms with Crippen LogP contribution in [0.2, 0.25) is 0 Å². The third-order valence-electron chi connectivity index (χ3n) is 3.34. The van der Waals surface area contributed by atoms with Gasteiger partial charge in [-0.25, -0.2) is 0 Å². The molecule has 1 aromatic carbocycles. The van der Waals surface area contributed by atoms with Crippen molar-refractivity contribution in [1.82, 2.24) is 0 Å². The van der Waals surface area contributed by atoms with Gasteiger partial charge in [0, 0.05) is 0 Å². The van der Waals surface area contributed by atoms with Crippen molar-refractivity contribution in [2.45, 2.75) is 39.4 Å². The molecular formula is C16H28O8P2. The summed E-state index contributed by atoms with van der Waals surface area (Å²) in [6.45, 7) is 6.94. The molecule has 2 unspecified atom stereocenters. The first-order chi connectivity index (χ1) is 12.3. The smallest absolute Gasteiger partial charge is 0.363 e. The standard InChI is InChI=1S/C16H28O8P2/c1-5-21-25(19,22-6-2)15(17)13-10-9-11-14(12-13)16(18)26(20,23-7-3)24-8-4/h9-12,15-18H,5-8H2,1-4H3. The van der Waals surface area contributed by atoms with E-state index in [0.717, 1.165) is 0 Å². The van der Waals surface area contributed by atoms with E-state index in [9.17, 15) is 19.3 Å². The summed E-state index contributed by atoms with van der Waals surface area (Å²) in [4.78, 5) is 0. The molecule has 0 aliphatic heterocycles. The summed E-state index contributed by atoms with van der Waals surface area (Å²) in [7, 11) is -7.61. The summed E-state index contributed by atoms with van der Waals surface area (Å²) in [5.41, 5.74) is 0.401. The first kappa shape index (κ1) is 23.5. The highest BCUT2D eigenvalue weighted by molar-refractivity contribution is 7.54. The van der Waals surface area contributed by atoms with E-state index in [1.54, 1.807) is 27.7 Å². The lowest BCUT2D eigenvalue weighted by Crippen LogP contribution is -2.09. The van der Waals surface area contributed by atoms with Crippen LogP contribution >= 0.6 is 15.2 Å². The molecule has 0 heterocycles. The summed E-state index contributed by atoms with van der Waals surface area (Å²) in [5.74, 6) is -3.10. The lowest BCUT2D eigenvalue weighted by atomic mass is 10.1. The molecule has 150 valence electrons. The van der Waals surface area contributed by atoms with Gasteiger partial charge in [-0.1, -0.05) is 18.2 Å². The van der Waals surface area contributed by atoms with Gasteiger partial charge in [0.25, 0.3) is 0 Å². The van der Waals surface area contributed by atoms with E-state index in [1.807, 2.05) is 0 Å². The van der Waals surface area contributed by atoms with Gasteiger partial charge in [-0.2, -0.15) is 0 Å². The number of rotatable bonds is 12. The molecule has 0 aliphatic rings. The Kier molecular flexibility index (Phi) is 9.65. The third-order valence-corrected chi connectivity index (χ3v) is 7.61.